The molecule has 4 atom stereocenters. The number of Topliss-reactive ketones (excluding diaryl/α,β-unsaturated/α-hetero) is 1. The molecule has 2 fully saturated rings. The Balaban J connectivity index is 2.06. The van der Waals surface area contributed by atoms with Crippen molar-refractivity contribution in [2.45, 2.75) is 49.7 Å². The summed E-state index contributed by atoms with van der Waals surface area (Å²) in [6, 6.07) is 4.04. The molecule has 3 aliphatic rings. The summed E-state index contributed by atoms with van der Waals surface area (Å²) < 4.78 is 11.3. The maximum atomic E-state index is 12.7. The number of nitrogens with zero attached hydrogens (tertiary/aromatic N) is 1. The smallest absolute Gasteiger partial charge is 0.164 e. The number of piperidine rings is 1. The van der Waals surface area contributed by atoms with E-state index in [4.69, 9.17) is 9.47 Å². The minimum absolute atomic E-state index is 0.0300. The van der Waals surface area contributed by atoms with Gasteiger partial charge in [-0.25, -0.2) is 0 Å². The minimum Gasteiger partial charge on any atom is -0.493 e. The molecule has 5 heteroatoms. The maximum Gasteiger partial charge on any atom is 0.164 e. The van der Waals surface area contributed by atoms with Gasteiger partial charge in [0.2, 0.25) is 0 Å². The lowest BCUT2D eigenvalue weighted by molar-refractivity contribution is -0.183. The first-order chi connectivity index (χ1) is 11.9. The number of likely N-dealkylation sites (N-methyl/N-ethyl adjacent to an activating group) is 1. The van der Waals surface area contributed by atoms with Crippen LogP contribution in [0.4, 0.5) is 0 Å². The molecule has 1 N–H and O–H groups in total. The first-order valence-corrected chi connectivity index (χ1v) is 9.10. The first kappa shape index (κ1) is 16.9. The second-order valence-corrected chi connectivity index (χ2v) is 7.87. The van der Waals surface area contributed by atoms with Crippen LogP contribution in [0, 0.1) is 5.92 Å². The zero-order valence-electron chi connectivity index (χ0n) is 15.5. The largest absolute Gasteiger partial charge is 0.493 e. The molecule has 0 radical (unpaired) electrons. The molecule has 0 aromatic heterocycles. The van der Waals surface area contributed by atoms with Crippen LogP contribution in [0.2, 0.25) is 0 Å². The third-order valence-electron chi connectivity index (χ3n) is 7.18. The van der Waals surface area contributed by atoms with Gasteiger partial charge >= 0.3 is 0 Å². The van der Waals surface area contributed by atoms with E-state index in [9.17, 15) is 9.90 Å². The summed E-state index contributed by atoms with van der Waals surface area (Å²) in [7, 11) is 5.35. The van der Waals surface area contributed by atoms with Crippen molar-refractivity contribution in [1.82, 2.24) is 4.90 Å². The third-order valence-corrected chi connectivity index (χ3v) is 7.18. The molecule has 0 amide bonds. The number of likely N-dealkylation sites (tertiary alicyclic amines) is 1. The molecule has 136 valence electrons. The Morgan fingerprint density at radius 3 is 2.68 bits per heavy atom. The van der Waals surface area contributed by atoms with Gasteiger partial charge in [-0.2, -0.15) is 0 Å². The second kappa shape index (κ2) is 5.45. The number of aliphatic hydroxyl groups is 1. The van der Waals surface area contributed by atoms with Crippen LogP contribution in [-0.4, -0.2) is 55.2 Å². The fourth-order valence-corrected chi connectivity index (χ4v) is 5.89. The molecule has 1 saturated heterocycles. The van der Waals surface area contributed by atoms with Crippen LogP contribution in [-0.2, 0) is 16.6 Å². The van der Waals surface area contributed by atoms with Gasteiger partial charge in [-0.3, -0.25) is 4.79 Å². The molecule has 1 heterocycles. The van der Waals surface area contributed by atoms with Crippen LogP contribution in [0.3, 0.4) is 0 Å². The summed E-state index contributed by atoms with van der Waals surface area (Å²) in [5.41, 5.74) is 0.648. The van der Waals surface area contributed by atoms with Gasteiger partial charge in [0.15, 0.2) is 11.5 Å². The highest BCUT2D eigenvalue weighted by Crippen LogP contribution is 2.62. The predicted molar refractivity (Wildman–Crippen MR) is 94.3 cm³/mol. The van der Waals surface area contributed by atoms with E-state index in [1.54, 1.807) is 14.2 Å². The van der Waals surface area contributed by atoms with Crippen LogP contribution in [0.25, 0.3) is 0 Å². The Hall–Kier alpha value is -1.59. The van der Waals surface area contributed by atoms with E-state index in [1.165, 1.54) is 5.56 Å². The number of carbonyl (C=O) groups is 1. The lowest BCUT2D eigenvalue weighted by Gasteiger charge is -2.65. The van der Waals surface area contributed by atoms with Crippen LogP contribution in [0.1, 0.15) is 37.3 Å². The van der Waals surface area contributed by atoms with Crippen LogP contribution in [0.15, 0.2) is 12.1 Å². The van der Waals surface area contributed by atoms with Crippen molar-refractivity contribution in [3.63, 3.8) is 0 Å². The lowest BCUT2D eigenvalue weighted by atomic mass is 9.46. The molecule has 4 rings (SSSR count). The standard InChI is InChI=1S/C20H27NO4/c1-12-14(22)7-8-20(23)16-11-13-5-6-15(24-3)18(25-4)17(13)19(12,20)9-10-21(16)2/h5-6,12,16,23H,7-11H2,1-4H3/t12-,16?,19-,20-/m1/s1. The summed E-state index contributed by atoms with van der Waals surface area (Å²) in [5.74, 6) is 1.36. The fourth-order valence-electron chi connectivity index (χ4n) is 5.89. The Morgan fingerprint density at radius 1 is 1.24 bits per heavy atom. The van der Waals surface area contributed by atoms with E-state index in [0.29, 0.717) is 24.3 Å². The molecule has 2 aliphatic carbocycles. The van der Waals surface area contributed by atoms with Gasteiger partial charge in [0.05, 0.1) is 19.8 Å². The van der Waals surface area contributed by atoms with E-state index in [1.807, 2.05) is 13.0 Å². The number of methoxy groups -OCH3 is 2. The van der Waals surface area contributed by atoms with Gasteiger partial charge in [-0.1, -0.05) is 13.0 Å². The molecule has 1 unspecified atom stereocenters. The van der Waals surface area contributed by atoms with E-state index in [-0.39, 0.29) is 17.7 Å². The van der Waals surface area contributed by atoms with E-state index in [0.717, 1.165) is 24.9 Å². The van der Waals surface area contributed by atoms with Crippen molar-refractivity contribution in [2.24, 2.45) is 5.92 Å². The number of rotatable bonds is 2. The van der Waals surface area contributed by atoms with Crippen molar-refractivity contribution in [2.75, 3.05) is 27.8 Å². The zero-order valence-corrected chi connectivity index (χ0v) is 15.5. The molecule has 1 aromatic carbocycles. The van der Waals surface area contributed by atoms with Gasteiger partial charge in [0.1, 0.15) is 5.78 Å². The summed E-state index contributed by atoms with van der Waals surface area (Å²) in [5, 5.41) is 12.0. The summed E-state index contributed by atoms with van der Waals surface area (Å²) in [6.45, 7) is 2.85. The SMILES string of the molecule is COc1ccc2c(c1OC)[C@]13CCN(C)C(C2)[C@]1(O)CCC(=O)[C@H]3C. The number of benzene rings is 1. The maximum absolute atomic E-state index is 12.7. The molecule has 0 spiro atoms. The normalized spacial score (nSPS) is 37.2. The highest BCUT2D eigenvalue weighted by atomic mass is 16.5. The summed E-state index contributed by atoms with van der Waals surface area (Å²) in [6.07, 6.45) is 2.49. The molecule has 1 aliphatic heterocycles. The molecule has 25 heavy (non-hydrogen) atoms. The van der Waals surface area contributed by atoms with E-state index < -0.39 is 11.0 Å². The minimum atomic E-state index is -0.917. The average molecular weight is 345 g/mol. The van der Waals surface area contributed by atoms with Crippen LogP contribution >= 0.6 is 0 Å². The van der Waals surface area contributed by atoms with E-state index >= 15 is 0 Å². The molecular formula is C20H27NO4. The average Bonchev–Trinajstić information content (AvgIpc) is 2.61. The van der Waals surface area contributed by atoms with E-state index in [2.05, 4.69) is 18.0 Å². The Labute approximate surface area is 148 Å². The topological polar surface area (TPSA) is 59.0 Å². The number of hydrogen-bond donors (Lipinski definition) is 1. The van der Waals surface area contributed by atoms with Crippen LogP contribution in [0.5, 0.6) is 11.5 Å². The van der Waals surface area contributed by atoms with Crippen molar-refractivity contribution in [3.8, 4) is 11.5 Å². The predicted octanol–water partition coefficient (Wildman–Crippen LogP) is 1.93. The van der Waals surface area contributed by atoms with Gasteiger partial charge < -0.3 is 19.5 Å². The monoisotopic (exact) mass is 345 g/mol. The number of ketones is 1. The van der Waals surface area contributed by atoms with Crippen molar-refractivity contribution < 1.29 is 19.4 Å². The third kappa shape index (κ3) is 1.88. The Kier molecular flexibility index (Phi) is 3.68. The van der Waals surface area contributed by atoms with Gasteiger partial charge in [0, 0.05) is 29.4 Å². The quantitative estimate of drug-likeness (QED) is 0.888. The first-order valence-electron chi connectivity index (χ1n) is 9.10. The lowest BCUT2D eigenvalue weighted by Crippen LogP contribution is -2.75. The number of ether oxygens (including phenoxy) is 2. The van der Waals surface area contributed by atoms with Crippen molar-refractivity contribution in [3.05, 3.63) is 23.3 Å². The second-order valence-electron chi connectivity index (χ2n) is 7.87. The molecule has 5 nitrogen and oxygen atoms in total. The highest BCUT2D eigenvalue weighted by Gasteiger charge is 2.68. The summed E-state index contributed by atoms with van der Waals surface area (Å²) >= 11 is 0. The number of carbonyl (C=O) groups excluding carboxylic acids is 1. The molecule has 1 saturated carbocycles. The number of fused-ring (bicyclic) bond motifs is 1. The zero-order chi connectivity index (χ0) is 18.0. The Bertz CT molecular complexity index is 733. The van der Waals surface area contributed by atoms with Gasteiger partial charge in [0.25, 0.3) is 0 Å². The van der Waals surface area contributed by atoms with Gasteiger partial charge in [-0.15, -0.1) is 0 Å². The molecule has 1 aromatic rings. The van der Waals surface area contributed by atoms with Crippen molar-refractivity contribution in [1.29, 1.82) is 0 Å². The number of hydrogen-bond acceptors (Lipinski definition) is 5. The van der Waals surface area contributed by atoms with Gasteiger partial charge in [-0.05, 0) is 44.5 Å². The molecular weight excluding hydrogens is 318 g/mol. The van der Waals surface area contributed by atoms with Crippen molar-refractivity contribution >= 4 is 5.78 Å². The Morgan fingerprint density at radius 2 is 2.00 bits per heavy atom. The van der Waals surface area contributed by atoms with Crippen LogP contribution < -0.4 is 9.47 Å². The summed E-state index contributed by atoms with van der Waals surface area (Å²) in [4.78, 5) is 15.0. The fraction of sp³-hybridized carbons (Fsp3) is 0.650. The molecule has 2 bridgehead atoms. The highest BCUT2D eigenvalue weighted by molar-refractivity contribution is 5.85.